The standard InChI is InChI=1S/C16H17NO2S2/c1-3-13-17(14-7-5-4-6-8-14)21(18,19)16-11-9-15(20-2)10-12-16/h3-12H,1,13H2,2H3. The number of para-hydroxylation sites is 1. The van der Waals surface area contributed by atoms with E-state index in [2.05, 4.69) is 6.58 Å². The van der Waals surface area contributed by atoms with Gasteiger partial charge in [0.1, 0.15) is 0 Å². The zero-order chi connectivity index (χ0) is 15.3. The Hall–Kier alpha value is -1.72. The van der Waals surface area contributed by atoms with Gasteiger partial charge in [-0.1, -0.05) is 24.3 Å². The van der Waals surface area contributed by atoms with Crippen LogP contribution in [0, 0.1) is 0 Å². The molecule has 0 heterocycles. The number of benzene rings is 2. The fourth-order valence-electron chi connectivity index (χ4n) is 1.93. The van der Waals surface area contributed by atoms with Crippen molar-refractivity contribution in [2.24, 2.45) is 0 Å². The summed E-state index contributed by atoms with van der Waals surface area (Å²) in [6, 6.07) is 15.9. The monoisotopic (exact) mass is 319 g/mol. The molecule has 0 bridgehead atoms. The molecule has 0 fully saturated rings. The van der Waals surface area contributed by atoms with Crippen LogP contribution >= 0.6 is 11.8 Å². The number of hydrogen-bond acceptors (Lipinski definition) is 3. The molecule has 0 aliphatic carbocycles. The van der Waals surface area contributed by atoms with Gasteiger partial charge in [0.05, 0.1) is 17.1 Å². The Labute approximate surface area is 130 Å². The van der Waals surface area contributed by atoms with E-state index in [1.165, 1.54) is 4.31 Å². The Balaban J connectivity index is 2.44. The van der Waals surface area contributed by atoms with E-state index in [4.69, 9.17) is 0 Å². The lowest BCUT2D eigenvalue weighted by atomic mass is 10.3. The van der Waals surface area contributed by atoms with Gasteiger partial charge in [0.2, 0.25) is 0 Å². The summed E-state index contributed by atoms with van der Waals surface area (Å²) in [5.74, 6) is 0. The number of nitrogens with zero attached hydrogens (tertiary/aromatic N) is 1. The van der Waals surface area contributed by atoms with Gasteiger partial charge in [-0.2, -0.15) is 0 Å². The molecule has 2 aromatic rings. The number of anilines is 1. The van der Waals surface area contributed by atoms with Crippen molar-refractivity contribution in [3.05, 3.63) is 67.3 Å². The highest BCUT2D eigenvalue weighted by Crippen LogP contribution is 2.25. The molecule has 3 nitrogen and oxygen atoms in total. The summed E-state index contributed by atoms with van der Waals surface area (Å²) in [4.78, 5) is 1.31. The smallest absolute Gasteiger partial charge is 0.263 e. The Morgan fingerprint density at radius 3 is 2.24 bits per heavy atom. The maximum absolute atomic E-state index is 12.8. The van der Waals surface area contributed by atoms with Gasteiger partial charge in [-0.3, -0.25) is 4.31 Å². The molecule has 0 aromatic heterocycles. The molecule has 110 valence electrons. The molecule has 0 aliphatic rings. The minimum absolute atomic E-state index is 0.233. The third kappa shape index (κ3) is 3.49. The molecule has 0 unspecified atom stereocenters. The number of hydrogen-bond donors (Lipinski definition) is 0. The van der Waals surface area contributed by atoms with Crippen LogP contribution in [0.1, 0.15) is 0 Å². The minimum atomic E-state index is -3.59. The van der Waals surface area contributed by atoms with Crippen molar-refractivity contribution in [3.63, 3.8) is 0 Å². The molecule has 0 N–H and O–H groups in total. The molecule has 0 spiro atoms. The summed E-state index contributed by atoms with van der Waals surface area (Å²) in [6.45, 7) is 3.88. The lowest BCUT2D eigenvalue weighted by Gasteiger charge is -2.23. The summed E-state index contributed by atoms with van der Waals surface area (Å²) < 4.78 is 26.9. The second-order valence-corrected chi connectivity index (χ2v) is 7.08. The first kappa shape index (κ1) is 15.7. The molecule has 2 aromatic carbocycles. The fraction of sp³-hybridized carbons (Fsp3) is 0.125. The molecule has 2 rings (SSSR count). The normalized spacial score (nSPS) is 11.1. The molecular formula is C16H17NO2S2. The van der Waals surface area contributed by atoms with E-state index >= 15 is 0 Å². The lowest BCUT2D eigenvalue weighted by Crippen LogP contribution is -2.31. The number of rotatable bonds is 6. The highest BCUT2D eigenvalue weighted by Gasteiger charge is 2.23. The molecule has 0 radical (unpaired) electrons. The van der Waals surface area contributed by atoms with Crippen molar-refractivity contribution in [3.8, 4) is 0 Å². The van der Waals surface area contributed by atoms with E-state index < -0.39 is 10.0 Å². The minimum Gasteiger partial charge on any atom is -0.263 e. The molecule has 5 heteroatoms. The average molecular weight is 319 g/mol. The molecule has 21 heavy (non-hydrogen) atoms. The van der Waals surface area contributed by atoms with Crippen LogP contribution in [0.25, 0.3) is 0 Å². The first-order valence-electron chi connectivity index (χ1n) is 6.42. The third-order valence-corrected chi connectivity index (χ3v) is 5.54. The summed E-state index contributed by atoms with van der Waals surface area (Å²) in [7, 11) is -3.59. The van der Waals surface area contributed by atoms with E-state index in [0.717, 1.165) is 4.90 Å². The van der Waals surface area contributed by atoms with Gasteiger partial charge < -0.3 is 0 Å². The SMILES string of the molecule is C=CCN(c1ccccc1)S(=O)(=O)c1ccc(SC)cc1. The second-order valence-electron chi connectivity index (χ2n) is 4.34. The van der Waals surface area contributed by atoms with Crippen LogP contribution in [0.2, 0.25) is 0 Å². The highest BCUT2D eigenvalue weighted by molar-refractivity contribution is 7.98. The first-order valence-corrected chi connectivity index (χ1v) is 9.09. The molecular weight excluding hydrogens is 302 g/mol. The maximum atomic E-state index is 12.8. The number of sulfonamides is 1. The Morgan fingerprint density at radius 1 is 1.10 bits per heavy atom. The predicted octanol–water partition coefficient (Wildman–Crippen LogP) is 3.79. The summed E-state index contributed by atoms with van der Waals surface area (Å²) in [6.07, 6.45) is 3.54. The molecule has 0 amide bonds. The summed E-state index contributed by atoms with van der Waals surface area (Å²) in [5.41, 5.74) is 0.631. The molecule has 0 saturated carbocycles. The summed E-state index contributed by atoms with van der Waals surface area (Å²) >= 11 is 1.58. The van der Waals surface area contributed by atoms with Crippen molar-refractivity contribution >= 4 is 27.5 Å². The predicted molar refractivity (Wildman–Crippen MR) is 89.4 cm³/mol. The van der Waals surface area contributed by atoms with E-state index in [-0.39, 0.29) is 11.4 Å². The fourth-order valence-corrected chi connectivity index (χ4v) is 3.77. The van der Waals surface area contributed by atoms with Crippen LogP contribution in [0.4, 0.5) is 5.69 Å². The van der Waals surface area contributed by atoms with E-state index in [9.17, 15) is 8.42 Å². The maximum Gasteiger partial charge on any atom is 0.264 e. The molecule has 0 atom stereocenters. The van der Waals surface area contributed by atoms with E-state index in [1.807, 2.05) is 36.6 Å². The lowest BCUT2D eigenvalue weighted by molar-refractivity contribution is 0.593. The Bertz CT molecular complexity index is 695. The number of thioether (sulfide) groups is 1. The highest BCUT2D eigenvalue weighted by atomic mass is 32.2. The first-order chi connectivity index (χ1) is 10.1. The topological polar surface area (TPSA) is 37.4 Å². The van der Waals surface area contributed by atoms with Crippen molar-refractivity contribution in [2.75, 3.05) is 17.1 Å². The van der Waals surface area contributed by atoms with Gasteiger partial charge in [0.25, 0.3) is 10.0 Å². The van der Waals surface area contributed by atoms with Crippen molar-refractivity contribution < 1.29 is 8.42 Å². The van der Waals surface area contributed by atoms with Crippen LogP contribution in [0.5, 0.6) is 0 Å². The van der Waals surface area contributed by atoms with Gasteiger partial charge in [0.15, 0.2) is 0 Å². The van der Waals surface area contributed by atoms with Crippen molar-refractivity contribution in [1.82, 2.24) is 0 Å². The van der Waals surface area contributed by atoms with Gasteiger partial charge in [0, 0.05) is 4.90 Å². The Morgan fingerprint density at radius 2 is 1.71 bits per heavy atom. The third-order valence-electron chi connectivity index (χ3n) is 2.99. The van der Waals surface area contributed by atoms with Crippen LogP contribution < -0.4 is 4.31 Å². The van der Waals surface area contributed by atoms with Crippen molar-refractivity contribution in [2.45, 2.75) is 9.79 Å². The van der Waals surface area contributed by atoms with Crippen molar-refractivity contribution in [1.29, 1.82) is 0 Å². The zero-order valence-corrected chi connectivity index (χ0v) is 13.4. The van der Waals surface area contributed by atoms with Crippen LogP contribution in [-0.2, 0) is 10.0 Å². The zero-order valence-electron chi connectivity index (χ0n) is 11.8. The van der Waals surface area contributed by atoms with E-state index in [0.29, 0.717) is 5.69 Å². The van der Waals surface area contributed by atoms with Gasteiger partial charge >= 0.3 is 0 Å². The second kappa shape index (κ2) is 6.83. The molecule has 0 saturated heterocycles. The Kier molecular flexibility index (Phi) is 5.09. The van der Waals surface area contributed by atoms with E-state index in [1.54, 1.807) is 42.1 Å². The van der Waals surface area contributed by atoms with Gasteiger partial charge in [-0.15, -0.1) is 18.3 Å². The summed E-state index contributed by atoms with van der Waals surface area (Å²) in [5, 5.41) is 0. The largest absolute Gasteiger partial charge is 0.264 e. The van der Waals surface area contributed by atoms with Crippen LogP contribution in [-0.4, -0.2) is 21.2 Å². The van der Waals surface area contributed by atoms with Gasteiger partial charge in [-0.25, -0.2) is 8.42 Å². The quantitative estimate of drug-likeness (QED) is 0.600. The van der Waals surface area contributed by atoms with Crippen LogP contribution in [0.3, 0.4) is 0 Å². The van der Waals surface area contributed by atoms with Crippen LogP contribution in [0.15, 0.2) is 77.0 Å². The average Bonchev–Trinajstić information content (AvgIpc) is 2.53. The van der Waals surface area contributed by atoms with Gasteiger partial charge in [-0.05, 0) is 42.7 Å². The molecule has 0 aliphatic heterocycles.